The van der Waals surface area contributed by atoms with Crippen LogP contribution in [0.25, 0.3) is 0 Å². The van der Waals surface area contributed by atoms with E-state index in [-0.39, 0.29) is 39.6 Å². The molecule has 2 aromatic rings. The first-order valence-corrected chi connectivity index (χ1v) is 7.06. The van der Waals surface area contributed by atoms with Crippen molar-refractivity contribution in [3.8, 4) is 5.75 Å². The number of nitrogens with zero attached hydrogens (tertiary/aromatic N) is 1. The molecule has 0 heterocycles. The van der Waals surface area contributed by atoms with E-state index in [0.717, 1.165) is 11.3 Å². The van der Waals surface area contributed by atoms with Crippen LogP contribution in [-0.4, -0.2) is 18.4 Å². The summed E-state index contributed by atoms with van der Waals surface area (Å²) >= 11 is 10.8. The fourth-order valence-electron chi connectivity index (χ4n) is 1.59. The van der Waals surface area contributed by atoms with Gasteiger partial charge in [0.05, 0.1) is 18.3 Å². The maximum Gasteiger partial charge on any atom is 2.00 e. The zero-order valence-corrected chi connectivity index (χ0v) is 15.6. The molecule has 0 aliphatic carbocycles. The third-order valence-electron chi connectivity index (χ3n) is 2.67. The van der Waals surface area contributed by atoms with Gasteiger partial charge >= 0.3 is 17.1 Å². The molecule has 131 valence electrons. The Kier molecular flexibility index (Phi) is 10.6. The molecule has 0 atom stereocenters. The van der Waals surface area contributed by atoms with Gasteiger partial charge in [-0.05, 0) is 60.2 Å². The van der Waals surface area contributed by atoms with Gasteiger partial charge in [-0.25, -0.2) is 4.39 Å². The average molecular weight is 437 g/mol. The largest absolute Gasteiger partial charge is 2.00 e. The van der Waals surface area contributed by atoms with Crippen LogP contribution in [0.2, 0.25) is 5.02 Å². The first-order chi connectivity index (χ1) is 10.6. The van der Waals surface area contributed by atoms with Crippen molar-refractivity contribution < 1.29 is 38.6 Å². The Hall–Kier alpha value is -1.37. The van der Waals surface area contributed by atoms with E-state index < -0.39 is 5.82 Å². The first kappa shape index (κ1) is 22.6. The van der Waals surface area contributed by atoms with Gasteiger partial charge in [-0.3, -0.25) is 5.43 Å². The van der Waals surface area contributed by atoms with Gasteiger partial charge in [0.15, 0.2) is 5.11 Å². The zero-order chi connectivity index (χ0) is 15.9. The van der Waals surface area contributed by atoms with E-state index in [4.69, 9.17) is 28.6 Å². The summed E-state index contributed by atoms with van der Waals surface area (Å²) < 4.78 is 18.1. The molecule has 0 spiro atoms. The predicted octanol–water partition coefficient (Wildman–Crippen LogP) is 0.810. The molecule has 0 amide bonds. The van der Waals surface area contributed by atoms with Crippen molar-refractivity contribution in [2.24, 2.45) is 5.10 Å². The number of anilines is 1. The zero-order valence-electron chi connectivity index (χ0n) is 12.3. The minimum atomic E-state index is -0.483. The van der Waals surface area contributed by atoms with Gasteiger partial charge in [-0.1, -0.05) is 11.6 Å². The number of hydrazone groups is 1. The molecule has 9 heteroatoms. The number of hydrogen-bond acceptors (Lipinski definition) is 3. The molecule has 2 aromatic carbocycles. The molecule has 4 nitrogen and oxygen atoms in total. The molecule has 0 saturated heterocycles. The summed E-state index contributed by atoms with van der Waals surface area (Å²) in [5.74, 6) is 0.291. The fraction of sp³-hybridized carbons (Fsp3) is 0.0667. The maximum absolute atomic E-state index is 13.0. The predicted molar refractivity (Wildman–Crippen MR) is 91.4 cm³/mol. The molecule has 24 heavy (non-hydrogen) atoms. The van der Waals surface area contributed by atoms with Gasteiger partial charge in [-0.2, -0.15) is 5.10 Å². The Bertz CT molecular complexity index is 702. The topological polar surface area (TPSA) is 45.6 Å². The van der Waals surface area contributed by atoms with Crippen LogP contribution in [0.5, 0.6) is 5.75 Å². The molecule has 0 aliphatic rings. The van der Waals surface area contributed by atoms with Crippen molar-refractivity contribution in [2.75, 3.05) is 12.4 Å². The van der Waals surface area contributed by atoms with Crippen molar-refractivity contribution >= 4 is 40.8 Å². The number of rotatable bonds is 4. The minimum Gasteiger partial charge on any atom is -1.00 e. The summed E-state index contributed by atoms with van der Waals surface area (Å²) in [7, 11) is 1.61. The van der Waals surface area contributed by atoms with Crippen LogP contribution in [0.4, 0.5) is 10.1 Å². The van der Waals surface area contributed by atoms with E-state index in [9.17, 15) is 4.39 Å². The van der Waals surface area contributed by atoms with Crippen LogP contribution in [0, 0.1) is 5.82 Å². The van der Waals surface area contributed by atoms with Crippen LogP contribution < -0.4 is 27.9 Å². The number of thiocarbonyl (C=S) groups is 1. The van der Waals surface area contributed by atoms with E-state index in [2.05, 4.69) is 15.8 Å². The number of nitrogens with one attached hydrogen (secondary N) is 2. The second kappa shape index (κ2) is 11.2. The van der Waals surface area contributed by atoms with E-state index in [1.807, 2.05) is 24.3 Å². The van der Waals surface area contributed by atoms with Gasteiger partial charge in [0.25, 0.3) is 0 Å². The van der Waals surface area contributed by atoms with Crippen LogP contribution in [0.1, 0.15) is 5.56 Å². The maximum atomic E-state index is 13.0. The van der Waals surface area contributed by atoms with Gasteiger partial charge in [0.2, 0.25) is 0 Å². The van der Waals surface area contributed by atoms with Gasteiger partial charge < -0.3 is 22.5 Å². The standard InChI is InChI=1S/C15H13ClFN3OS.ClH.Cu/c1-21-12-5-2-10(3-6-12)9-18-20-15(22)19-11-4-7-14(17)13(16)8-11;;/h2-9H,1H3,(H2,19,20,22);1H;/q;;+2/p-1/b18-9+;;. The summed E-state index contributed by atoms with van der Waals surface area (Å²) in [6, 6.07) is 11.6. The quantitative estimate of drug-likeness (QED) is 0.322. The Morgan fingerprint density at radius 1 is 1.25 bits per heavy atom. The number of methoxy groups -OCH3 is 1. The van der Waals surface area contributed by atoms with E-state index in [1.54, 1.807) is 13.3 Å². The van der Waals surface area contributed by atoms with Gasteiger partial charge in [0.1, 0.15) is 11.6 Å². The van der Waals surface area contributed by atoms with Gasteiger partial charge in [-0.15, -0.1) is 0 Å². The van der Waals surface area contributed by atoms with Crippen molar-refractivity contribution in [3.63, 3.8) is 0 Å². The van der Waals surface area contributed by atoms with Crippen molar-refractivity contribution in [1.29, 1.82) is 0 Å². The molecule has 0 fully saturated rings. The molecule has 0 bridgehead atoms. The Labute approximate surface area is 166 Å². The fourth-order valence-corrected chi connectivity index (χ4v) is 1.94. The van der Waals surface area contributed by atoms with E-state index in [1.165, 1.54) is 18.2 Å². The molecule has 2 N–H and O–H groups in total. The third-order valence-corrected chi connectivity index (χ3v) is 3.16. The molecular formula is C15H13Cl2CuFN3OS+. The molecule has 1 radical (unpaired) electrons. The number of hydrogen-bond donors (Lipinski definition) is 2. The van der Waals surface area contributed by atoms with Crippen molar-refractivity contribution in [1.82, 2.24) is 5.43 Å². The number of benzene rings is 2. The van der Waals surface area contributed by atoms with E-state index >= 15 is 0 Å². The van der Waals surface area contributed by atoms with Crippen LogP contribution in [0.15, 0.2) is 47.6 Å². The first-order valence-electron chi connectivity index (χ1n) is 6.27. The van der Waals surface area contributed by atoms with Crippen LogP contribution in [0.3, 0.4) is 0 Å². The summed E-state index contributed by atoms with van der Waals surface area (Å²) in [5, 5.41) is 7.15. The van der Waals surface area contributed by atoms with Crippen LogP contribution >= 0.6 is 23.8 Å². The van der Waals surface area contributed by atoms with Crippen molar-refractivity contribution in [2.45, 2.75) is 0 Å². The Balaban J connectivity index is 0.00000264. The summed E-state index contributed by atoms with van der Waals surface area (Å²) in [4.78, 5) is 0. The Morgan fingerprint density at radius 2 is 1.92 bits per heavy atom. The molecule has 0 aliphatic heterocycles. The normalized spacial score (nSPS) is 9.62. The number of halogens is 3. The smallest absolute Gasteiger partial charge is 1.00 e. The molecule has 2 rings (SSSR count). The summed E-state index contributed by atoms with van der Waals surface area (Å²) in [6.45, 7) is 0. The monoisotopic (exact) mass is 435 g/mol. The summed E-state index contributed by atoms with van der Waals surface area (Å²) in [5.41, 5.74) is 4.13. The third kappa shape index (κ3) is 7.03. The second-order valence-corrected chi connectivity index (χ2v) is 5.04. The van der Waals surface area contributed by atoms with Crippen molar-refractivity contribution in [3.05, 3.63) is 58.9 Å². The minimum absolute atomic E-state index is 0. The average Bonchev–Trinajstić information content (AvgIpc) is 2.51. The molecular weight excluding hydrogens is 424 g/mol. The Morgan fingerprint density at radius 3 is 2.50 bits per heavy atom. The second-order valence-electron chi connectivity index (χ2n) is 4.23. The molecule has 0 unspecified atom stereocenters. The summed E-state index contributed by atoms with van der Waals surface area (Å²) in [6.07, 6.45) is 1.62. The number of ether oxygens (including phenoxy) is 1. The molecule has 0 aromatic heterocycles. The van der Waals surface area contributed by atoms with Gasteiger partial charge in [0, 0.05) is 5.69 Å². The van der Waals surface area contributed by atoms with E-state index in [0.29, 0.717) is 5.69 Å². The van der Waals surface area contributed by atoms with Crippen LogP contribution in [-0.2, 0) is 17.1 Å². The molecule has 0 saturated carbocycles. The SMILES string of the molecule is COc1ccc(/C=N/NC(=S)Nc2ccc(F)c(Cl)c2)cc1.[Cl-].[Cu+2].